The summed E-state index contributed by atoms with van der Waals surface area (Å²) in [5.74, 6) is 0. The predicted octanol–water partition coefficient (Wildman–Crippen LogP) is 3.87. The molecule has 2 aliphatic rings. The van der Waals surface area contributed by atoms with Crippen LogP contribution in [0.5, 0.6) is 0 Å². The van der Waals surface area contributed by atoms with Crippen molar-refractivity contribution in [2.45, 2.75) is 50.7 Å². The lowest BCUT2D eigenvalue weighted by Gasteiger charge is -2.41. The SMILES string of the molecule is CNC(=O)OC1CCC(N2CCCc3cc(Br)ccc32)CC1. The molecule has 1 saturated carbocycles. The third kappa shape index (κ3) is 3.40. The van der Waals surface area contributed by atoms with Gasteiger partial charge in [-0.3, -0.25) is 0 Å². The van der Waals surface area contributed by atoms with E-state index in [0.29, 0.717) is 6.04 Å². The number of hydrogen-bond donors (Lipinski definition) is 1. The number of hydrogen-bond acceptors (Lipinski definition) is 3. The Kier molecular flexibility index (Phi) is 4.91. The van der Waals surface area contributed by atoms with Gasteiger partial charge in [-0.2, -0.15) is 0 Å². The van der Waals surface area contributed by atoms with Gasteiger partial charge in [-0.05, 0) is 62.3 Å². The molecule has 1 aromatic rings. The molecule has 22 heavy (non-hydrogen) atoms. The average Bonchev–Trinajstić information content (AvgIpc) is 2.54. The van der Waals surface area contributed by atoms with E-state index < -0.39 is 0 Å². The van der Waals surface area contributed by atoms with E-state index in [9.17, 15) is 4.79 Å². The summed E-state index contributed by atoms with van der Waals surface area (Å²) in [6.45, 7) is 1.14. The van der Waals surface area contributed by atoms with Gasteiger partial charge in [0.15, 0.2) is 0 Å². The van der Waals surface area contributed by atoms with Gasteiger partial charge in [-0.15, -0.1) is 0 Å². The van der Waals surface area contributed by atoms with Gasteiger partial charge >= 0.3 is 6.09 Å². The summed E-state index contributed by atoms with van der Waals surface area (Å²) in [7, 11) is 1.61. The molecule has 1 aromatic carbocycles. The van der Waals surface area contributed by atoms with Gasteiger partial charge in [0.25, 0.3) is 0 Å². The number of alkyl carbamates (subject to hydrolysis) is 1. The molecule has 0 aromatic heterocycles. The van der Waals surface area contributed by atoms with E-state index in [1.54, 1.807) is 7.05 Å². The molecule has 120 valence electrons. The predicted molar refractivity (Wildman–Crippen MR) is 91.4 cm³/mol. The van der Waals surface area contributed by atoms with Crippen molar-refractivity contribution in [2.24, 2.45) is 0 Å². The minimum absolute atomic E-state index is 0.0744. The van der Waals surface area contributed by atoms with Crippen molar-refractivity contribution in [2.75, 3.05) is 18.5 Å². The van der Waals surface area contributed by atoms with Crippen LogP contribution in [0.2, 0.25) is 0 Å². The van der Waals surface area contributed by atoms with Crippen molar-refractivity contribution in [3.63, 3.8) is 0 Å². The smallest absolute Gasteiger partial charge is 0.407 e. The number of nitrogens with one attached hydrogen (secondary N) is 1. The summed E-state index contributed by atoms with van der Waals surface area (Å²) in [6, 6.07) is 7.20. The summed E-state index contributed by atoms with van der Waals surface area (Å²) in [5, 5.41) is 2.53. The van der Waals surface area contributed by atoms with E-state index in [-0.39, 0.29) is 12.2 Å². The number of carbonyl (C=O) groups excluding carboxylic acids is 1. The monoisotopic (exact) mass is 366 g/mol. The second kappa shape index (κ2) is 6.90. The molecule has 0 radical (unpaired) electrons. The van der Waals surface area contributed by atoms with Gasteiger partial charge in [0.2, 0.25) is 0 Å². The van der Waals surface area contributed by atoms with Crippen LogP contribution >= 0.6 is 15.9 Å². The number of fused-ring (bicyclic) bond motifs is 1. The number of anilines is 1. The number of halogens is 1. The molecule has 1 amide bonds. The fourth-order valence-electron chi connectivity index (χ4n) is 3.66. The zero-order valence-corrected chi connectivity index (χ0v) is 14.6. The highest BCUT2D eigenvalue weighted by molar-refractivity contribution is 9.10. The Bertz CT molecular complexity index is 541. The minimum Gasteiger partial charge on any atom is -0.446 e. The second-order valence-electron chi connectivity index (χ2n) is 6.16. The highest BCUT2D eigenvalue weighted by Crippen LogP contribution is 2.35. The van der Waals surface area contributed by atoms with Crippen molar-refractivity contribution in [1.82, 2.24) is 5.32 Å². The first-order valence-electron chi connectivity index (χ1n) is 8.11. The lowest BCUT2D eigenvalue weighted by molar-refractivity contribution is 0.0725. The number of rotatable bonds is 2. The van der Waals surface area contributed by atoms with E-state index in [2.05, 4.69) is 44.3 Å². The van der Waals surface area contributed by atoms with Gasteiger partial charge in [0, 0.05) is 29.8 Å². The van der Waals surface area contributed by atoms with Gasteiger partial charge in [0.1, 0.15) is 6.10 Å². The van der Waals surface area contributed by atoms with E-state index in [1.807, 2.05) is 0 Å². The largest absolute Gasteiger partial charge is 0.446 e. The molecule has 1 heterocycles. The maximum absolute atomic E-state index is 11.3. The molecule has 1 aliphatic heterocycles. The van der Waals surface area contributed by atoms with Crippen molar-refractivity contribution in [3.8, 4) is 0 Å². The lowest BCUT2D eigenvalue weighted by Crippen LogP contribution is -2.43. The molecular weight excluding hydrogens is 344 g/mol. The van der Waals surface area contributed by atoms with E-state index in [1.165, 1.54) is 24.1 Å². The standard InChI is InChI=1S/C17H23BrN2O2/c1-19-17(21)22-15-7-5-14(6-8-15)20-10-2-3-12-11-13(18)4-9-16(12)20/h4,9,11,14-15H,2-3,5-8,10H2,1H3,(H,19,21). The lowest BCUT2D eigenvalue weighted by atomic mass is 9.89. The van der Waals surface area contributed by atoms with Crippen LogP contribution in [-0.4, -0.2) is 31.8 Å². The number of aryl methyl sites for hydroxylation is 1. The molecule has 4 nitrogen and oxygen atoms in total. The number of amides is 1. The fourth-order valence-corrected chi connectivity index (χ4v) is 4.07. The van der Waals surface area contributed by atoms with Crippen LogP contribution in [0.1, 0.15) is 37.7 Å². The molecular formula is C17H23BrN2O2. The Hall–Kier alpha value is -1.23. The number of nitrogens with zero attached hydrogens (tertiary/aromatic N) is 1. The Labute approximate surface area is 140 Å². The van der Waals surface area contributed by atoms with Crippen molar-refractivity contribution >= 4 is 27.7 Å². The normalized spacial score (nSPS) is 24.5. The van der Waals surface area contributed by atoms with Gasteiger partial charge in [-0.25, -0.2) is 4.79 Å². The third-order valence-electron chi connectivity index (χ3n) is 4.76. The fraction of sp³-hybridized carbons (Fsp3) is 0.588. The van der Waals surface area contributed by atoms with Crippen LogP contribution in [0.4, 0.5) is 10.5 Å². The van der Waals surface area contributed by atoms with Gasteiger partial charge in [-0.1, -0.05) is 15.9 Å². The summed E-state index contributed by atoms with van der Waals surface area (Å²) >= 11 is 3.57. The second-order valence-corrected chi connectivity index (χ2v) is 7.07. The first kappa shape index (κ1) is 15.7. The van der Waals surface area contributed by atoms with Crippen molar-refractivity contribution in [1.29, 1.82) is 0 Å². The molecule has 0 spiro atoms. The van der Waals surface area contributed by atoms with Crippen LogP contribution in [0.25, 0.3) is 0 Å². The molecule has 1 N–H and O–H groups in total. The topological polar surface area (TPSA) is 41.6 Å². The summed E-state index contributed by atoms with van der Waals surface area (Å²) < 4.78 is 6.55. The van der Waals surface area contributed by atoms with Crippen LogP contribution in [0, 0.1) is 0 Å². The summed E-state index contributed by atoms with van der Waals surface area (Å²) in [6.07, 6.45) is 6.26. The van der Waals surface area contributed by atoms with E-state index in [4.69, 9.17) is 4.74 Å². The molecule has 1 aliphatic carbocycles. The van der Waals surface area contributed by atoms with Gasteiger partial charge < -0.3 is 15.0 Å². The zero-order chi connectivity index (χ0) is 15.5. The Morgan fingerprint density at radius 3 is 2.82 bits per heavy atom. The number of ether oxygens (including phenoxy) is 1. The Morgan fingerprint density at radius 1 is 1.32 bits per heavy atom. The van der Waals surface area contributed by atoms with E-state index >= 15 is 0 Å². The maximum Gasteiger partial charge on any atom is 0.407 e. The first-order chi connectivity index (χ1) is 10.7. The highest BCUT2D eigenvalue weighted by Gasteiger charge is 2.30. The molecule has 0 unspecified atom stereocenters. The third-order valence-corrected chi connectivity index (χ3v) is 5.25. The van der Waals surface area contributed by atoms with Crippen molar-refractivity contribution < 1.29 is 9.53 Å². The molecule has 0 atom stereocenters. The first-order valence-corrected chi connectivity index (χ1v) is 8.90. The number of carbonyl (C=O) groups is 1. The molecule has 1 fully saturated rings. The van der Waals surface area contributed by atoms with Crippen LogP contribution in [0.15, 0.2) is 22.7 Å². The van der Waals surface area contributed by atoms with Gasteiger partial charge in [0.05, 0.1) is 0 Å². The molecule has 5 heteroatoms. The Morgan fingerprint density at radius 2 is 2.09 bits per heavy atom. The molecule has 0 bridgehead atoms. The van der Waals surface area contributed by atoms with Crippen molar-refractivity contribution in [3.05, 3.63) is 28.2 Å². The highest BCUT2D eigenvalue weighted by atomic mass is 79.9. The summed E-state index contributed by atoms with van der Waals surface area (Å²) in [4.78, 5) is 13.9. The van der Waals surface area contributed by atoms with Crippen LogP contribution < -0.4 is 10.2 Å². The maximum atomic E-state index is 11.3. The van der Waals surface area contributed by atoms with Crippen LogP contribution in [-0.2, 0) is 11.2 Å². The number of benzene rings is 1. The zero-order valence-electron chi connectivity index (χ0n) is 13.0. The summed E-state index contributed by atoms with van der Waals surface area (Å²) in [5.41, 5.74) is 2.84. The minimum atomic E-state index is -0.309. The van der Waals surface area contributed by atoms with E-state index in [0.717, 1.165) is 36.7 Å². The molecule has 0 saturated heterocycles. The van der Waals surface area contributed by atoms with Crippen LogP contribution in [0.3, 0.4) is 0 Å². The quantitative estimate of drug-likeness (QED) is 0.863. The Balaban J connectivity index is 1.64. The average molecular weight is 367 g/mol. The molecule has 3 rings (SSSR count).